The van der Waals surface area contributed by atoms with Crippen LogP contribution in [0.5, 0.6) is 0 Å². The number of amides is 3. The Labute approximate surface area is 450 Å². The summed E-state index contributed by atoms with van der Waals surface area (Å²) in [4.78, 5) is 81.6. The summed E-state index contributed by atoms with van der Waals surface area (Å²) in [5, 5.41) is 38.0. The number of thiazole rings is 2. The van der Waals surface area contributed by atoms with Gasteiger partial charge in [-0.25, -0.2) is 15.0 Å². The minimum Gasteiger partial charge on any atom is -0.388 e. The summed E-state index contributed by atoms with van der Waals surface area (Å²) in [6.45, 7) is 3.62. The van der Waals surface area contributed by atoms with Crippen molar-refractivity contribution in [2.24, 2.45) is 17.3 Å². The van der Waals surface area contributed by atoms with Crippen molar-refractivity contribution in [3.05, 3.63) is 170 Å². The highest BCUT2D eigenvalue weighted by Crippen LogP contribution is 2.32. The second kappa shape index (κ2) is 23.2. The van der Waals surface area contributed by atoms with Gasteiger partial charge in [0, 0.05) is 85.3 Å². The predicted octanol–water partition coefficient (Wildman–Crippen LogP) is 8.70. The van der Waals surface area contributed by atoms with E-state index in [-0.39, 0.29) is 46.9 Å². The van der Waals surface area contributed by atoms with E-state index in [1.54, 1.807) is 40.3 Å². The summed E-state index contributed by atoms with van der Waals surface area (Å²) < 4.78 is 4.39. The number of nitrogens with zero attached hydrogens (tertiary/aromatic N) is 10. The molecule has 392 valence electrons. The number of H-pyrrole nitrogens is 1. The first kappa shape index (κ1) is 51.9. The Hall–Kier alpha value is -8.53. The van der Waals surface area contributed by atoms with E-state index in [9.17, 15) is 29.1 Å². The lowest BCUT2D eigenvalue weighted by molar-refractivity contribution is -0.136. The molecule has 5 aromatic heterocycles. The highest BCUT2D eigenvalue weighted by Gasteiger charge is 2.35. The van der Waals surface area contributed by atoms with Gasteiger partial charge in [-0.2, -0.15) is 9.78 Å². The van der Waals surface area contributed by atoms with Crippen LogP contribution in [0.3, 0.4) is 0 Å². The van der Waals surface area contributed by atoms with Crippen LogP contribution in [-0.2, 0) is 29.7 Å². The molecule has 77 heavy (non-hydrogen) atoms. The van der Waals surface area contributed by atoms with Crippen LogP contribution >= 0.6 is 22.7 Å². The van der Waals surface area contributed by atoms with Crippen LogP contribution < -0.4 is 21.8 Å². The van der Waals surface area contributed by atoms with Crippen molar-refractivity contribution in [3.63, 3.8) is 0 Å². The number of aryl methyl sites for hydroxylation is 1. The molecule has 10 rings (SSSR count). The number of hydrogen-bond acceptors (Lipinski definition) is 14. The van der Waals surface area contributed by atoms with Crippen LogP contribution in [0, 0.1) is 0 Å². The molecule has 21 heteroatoms. The van der Waals surface area contributed by atoms with E-state index in [4.69, 9.17) is 4.98 Å². The number of benzene rings is 4. The average molecular weight is 1070 g/mol. The molecule has 1 aliphatic heterocycles. The molecule has 3 amide bonds. The van der Waals surface area contributed by atoms with Crippen LogP contribution in [0.1, 0.15) is 72.9 Å². The molecular weight excluding hydrogens is 1010 g/mol. The summed E-state index contributed by atoms with van der Waals surface area (Å²) in [6, 6.07) is 34.0. The van der Waals surface area contributed by atoms with Crippen LogP contribution in [0.15, 0.2) is 152 Å². The first-order valence-electron chi connectivity index (χ1n) is 25.3. The quantitative estimate of drug-likeness (QED) is 0.0444. The Morgan fingerprint density at radius 3 is 2.27 bits per heavy atom. The lowest BCUT2D eigenvalue weighted by atomic mass is 9.90. The topological polar surface area (TPSA) is 240 Å². The average Bonchev–Trinajstić information content (AvgIpc) is 4.40. The van der Waals surface area contributed by atoms with Gasteiger partial charge in [-0.05, 0) is 54.9 Å². The van der Waals surface area contributed by atoms with Crippen LogP contribution in [0.2, 0.25) is 0 Å². The highest BCUT2D eigenvalue weighted by molar-refractivity contribution is 7.13. The molecular formula is C56H55N13O6S2. The number of carbonyl (C=O) groups excluding carboxylic acids is 3. The standard InChI is InChI=1S/C56H55N13O6S2/c1-36(38-11-5-3-6-12-38)31-45(71)67-28-24-56(75,25-29-67)34-68-35-60-47-49(52(68)73)64-66(2)50(47)41-18-16-37(17-19-41)32-59-44(70)15-9-10-26-57-51(72)42-22-20-39(21-23-42)43-33-77-55(61-43)69-53(74)48(62-63-54-58-27-30-76-54)46(65-69)40-13-7-4-8-14-40/h3-8,11-14,16-23,27,30,33,35-36,65,75H,9-10,15,24-26,28-29,31-32,34H2,1-2H3,(H,57,72)(H,59,70)/t36-/m1/s1. The number of likely N-dealkylation sites (tertiary alicyclic amines) is 1. The maximum atomic E-state index is 13.7. The Bertz CT molecular complexity index is 3670. The Kier molecular flexibility index (Phi) is 15.6. The Balaban J connectivity index is 0.662. The predicted molar refractivity (Wildman–Crippen MR) is 296 cm³/mol. The lowest BCUT2D eigenvalue weighted by Crippen LogP contribution is -2.49. The van der Waals surface area contributed by atoms with Gasteiger partial charge in [-0.1, -0.05) is 104 Å². The zero-order valence-corrected chi connectivity index (χ0v) is 44.0. The number of aromatic nitrogens is 8. The first-order chi connectivity index (χ1) is 37.4. The molecule has 1 saturated heterocycles. The molecule has 0 radical (unpaired) electrons. The Morgan fingerprint density at radius 1 is 0.818 bits per heavy atom. The molecule has 4 aromatic carbocycles. The van der Waals surface area contributed by atoms with E-state index in [0.717, 1.165) is 27.8 Å². The van der Waals surface area contributed by atoms with Crippen molar-refractivity contribution < 1.29 is 19.5 Å². The van der Waals surface area contributed by atoms with E-state index < -0.39 is 11.2 Å². The fourth-order valence-electron chi connectivity index (χ4n) is 9.37. The third-order valence-electron chi connectivity index (χ3n) is 13.7. The van der Waals surface area contributed by atoms with Gasteiger partial charge in [0.25, 0.3) is 11.5 Å². The molecule has 4 N–H and O–H groups in total. The SMILES string of the molecule is C[C@H](CC(=O)N1CCC(O)(Cn2cnc3c(-c4ccc(CNC(=O)CCCCNC(=O)c5ccc(-c6csc(-n7[nH]c(-c8ccccc8)c(N=Nc8nccs8)c7=O)n6)cc5)cc4)n(C)nc3c2=O)CC1)c1ccccc1. The second-order valence-electron chi connectivity index (χ2n) is 19.1. The maximum absolute atomic E-state index is 13.7. The number of azo groups is 1. The molecule has 9 aromatic rings. The van der Waals surface area contributed by atoms with Crippen molar-refractivity contribution in [2.75, 3.05) is 19.6 Å². The zero-order valence-electron chi connectivity index (χ0n) is 42.3. The monoisotopic (exact) mass is 1070 g/mol. The summed E-state index contributed by atoms with van der Waals surface area (Å²) in [5.41, 5.74) is 5.45. The van der Waals surface area contributed by atoms with Gasteiger partial charge in [0.1, 0.15) is 5.52 Å². The van der Waals surface area contributed by atoms with E-state index in [0.29, 0.717) is 103 Å². The number of aliphatic hydroxyl groups is 1. The third-order valence-corrected chi connectivity index (χ3v) is 15.2. The van der Waals surface area contributed by atoms with Gasteiger partial charge in [0.05, 0.1) is 35.6 Å². The van der Waals surface area contributed by atoms with Crippen molar-refractivity contribution in [1.82, 2.24) is 54.6 Å². The van der Waals surface area contributed by atoms with Crippen LogP contribution in [0.25, 0.3) is 49.9 Å². The highest BCUT2D eigenvalue weighted by atomic mass is 32.1. The van der Waals surface area contributed by atoms with E-state index in [1.807, 2.05) is 109 Å². The van der Waals surface area contributed by atoms with Gasteiger partial charge < -0.3 is 20.6 Å². The van der Waals surface area contributed by atoms with Crippen molar-refractivity contribution in [3.8, 4) is 38.9 Å². The number of piperidine rings is 1. The third kappa shape index (κ3) is 12.0. The largest absolute Gasteiger partial charge is 0.388 e. The minimum absolute atomic E-state index is 0.0425. The number of rotatable bonds is 19. The molecule has 0 bridgehead atoms. The lowest BCUT2D eigenvalue weighted by Gasteiger charge is -2.38. The smallest absolute Gasteiger partial charge is 0.301 e. The van der Waals surface area contributed by atoms with Gasteiger partial charge in [0.15, 0.2) is 11.2 Å². The van der Waals surface area contributed by atoms with Crippen molar-refractivity contribution in [1.29, 1.82) is 0 Å². The van der Waals surface area contributed by atoms with Gasteiger partial charge >= 0.3 is 5.56 Å². The molecule has 0 saturated carbocycles. The Morgan fingerprint density at radius 2 is 1.55 bits per heavy atom. The molecule has 0 unspecified atom stereocenters. The number of aromatic amines is 1. The summed E-state index contributed by atoms with van der Waals surface area (Å²) in [5.74, 6) is -0.198. The number of unbranched alkanes of at least 4 members (excludes halogenated alkanes) is 1. The summed E-state index contributed by atoms with van der Waals surface area (Å²) in [6.07, 6.45) is 5.64. The second-order valence-corrected chi connectivity index (χ2v) is 20.8. The number of fused-ring (bicyclic) bond motifs is 1. The van der Waals surface area contributed by atoms with E-state index in [1.165, 1.54) is 38.2 Å². The fraction of sp³-hybridized carbons (Fsp3) is 0.268. The molecule has 1 aliphatic rings. The van der Waals surface area contributed by atoms with Gasteiger partial charge in [-0.15, -0.1) is 32.9 Å². The molecule has 0 aliphatic carbocycles. The summed E-state index contributed by atoms with van der Waals surface area (Å²) >= 11 is 2.60. The number of hydrogen-bond donors (Lipinski definition) is 4. The van der Waals surface area contributed by atoms with Gasteiger partial charge in [-0.3, -0.25) is 38.3 Å². The molecule has 0 spiro atoms. The molecule has 1 fully saturated rings. The number of carbonyl (C=O) groups is 3. The van der Waals surface area contributed by atoms with Gasteiger partial charge in [0.2, 0.25) is 22.1 Å². The number of nitrogens with one attached hydrogen (secondary N) is 3. The van der Waals surface area contributed by atoms with Crippen LogP contribution in [0.4, 0.5) is 10.8 Å². The fourth-order valence-corrected chi connectivity index (χ4v) is 10.6. The van der Waals surface area contributed by atoms with E-state index >= 15 is 0 Å². The summed E-state index contributed by atoms with van der Waals surface area (Å²) in [7, 11) is 1.76. The minimum atomic E-state index is -1.18. The first-order valence-corrected chi connectivity index (χ1v) is 27.0. The van der Waals surface area contributed by atoms with E-state index in [2.05, 4.69) is 41.0 Å². The normalized spacial score (nSPS) is 13.8. The molecule has 19 nitrogen and oxygen atoms in total. The maximum Gasteiger partial charge on any atom is 0.301 e. The van der Waals surface area contributed by atoms with Crippen molar-refractivity contribution >= 4 is 62.2 Å². The molecule has 6 heterocycles. The van der Waals surface area contributed by atoms with Crippen LogP contribution in [-0.4, -0.2) is 92.0 Å². The van der Waals surface area contributed by atoms with Crippen molar-refractivity contribution in [2.45, 2.75) is 70.1 Å². The molecule has 1 atom stereocenters. The zero-order chi connectivity index (χ0) is 53.5.